The summed E-state index contributed by atoms with van der Waals surface area (Å²) in [6.07, 6.45) is 0. The minimum atomic E-state index is -4.43. The fourth-order valence-corrected chi connectivity index (χ4v) is 4.00. The third kappa shape index (κ3) is 2.63. The van der Waals surface area contributed by atoms with E-state index in [1.165, 1.54) is 6.07 Å². The second-order valence-corrected chi connectivity index (χ2v) is 6.00. The predicted molar refractivity (Wildman–Crippen MR) is 59.7 cm³/mol. The van der Waals surface area contributed by atoms with Crippen LogP contribution in [0.3, 0.4) is 0 Å². The Morgan fingerprint density at radius 3 is 2.29 bits per heavy atom. The van der Waals surface area contributed by atoms with Crippen LogP contribution in [0.1, 0.15) is 0 Å². The highest BCUT2D eigenvalue weighted by molar-refractivity contribution is 14.1. The van der Waals surface area contributed by atoms with Gasteiger partial charge in [-0.2, -0.15) is 8.42 Å². The van der Waals surface area contributed by atoms with Crippen LogP contribution in [0, 0.1) is 3.57 Å². The van der Waals surface area contributed by atoms with Crippen molar-refractivity contribution >= 4 is 54.5 Å². The summed E-state index contributed by atoms with van der Waals surface area (Å²) >= 11 is 9.35. The number of hydrogen-bond donors (Lipinski definition) is 1. The normalized spacial score (nSPS) is 11.6. The quantitative estimate of drug-likeness (QED) is 0.495. The summed E-state index contributed by atoms with van der Waals surface area (Å²) in [6, 6.07) is 2.28. The standard InChI is InChI=1S/C6H3Cl2IO4S/c7-3-1-4(8)6(9-10)5(2-3)14(11,12)13/h1-2H,(H,11,12,13). The van der Waals surface area contributed by atoms with E-state index in [4.69, 9.17) is 27.8 Å². The third-order valence-corrected chi connectivity index (χ3v) is 5.00. The number of halogens is 3. The molecule has 0 aliphatic carbocycles. The van der Waals surface area contributed by atoms with E-state index in [1.54, 1.807) is 0 Å². The summed E-state index contributed by atoms with van der Waals surface area (Å²) in [5.41, 5.74) is 0. The second kappa shape index (κ2) is 4.40. The Kier molecular flexibility index (Phi) is 3.87. The molecule has 8 heteroatoms. The van der Waals surface area contributed by atoms with Crippen molar-refractivity contribution in [2.24, 2.45) is 0 Å². The van der Waals surface area contributed by atoms with E-state index in [1.807, 2.05) is 0 Å². The van der Waals surface area contributed by atoms with E-state index in [0.717, 1.165) is 6.07 Å². The Balaban J connectivity index is 3.65. The summed E-state index contributed by atoms with van der Waals surface area (Å²) in [5.74, 6) is 0. The zero-order valence-electron chi connectivity index (χ0n) is 6.37. The van der Waals surface area contributed by atoms with Crippen LogP contribution >= 0.6 is 44.4 Å². The van der Waals surface area contributed by atoms with Crippen LogP contribution in [-0.2, 0) is 13.2 Å². The molecule has 0 spiro atoms. The average molecular weight is 369 g/mol. The van der Waals surface area contributed by atoms with Crippen molar-refractivity contribution in [1.82, 2.24) is 0 Å². The van der Waals surface area contributed by atoms with E-state index in [0.29, 0.717) is 0 Å². The fraction of sp³-hybridized carbons (Fsp3) is 0. The third-order valence-electron chi connectivity index (χ3n) is 1.31. The molecular formula is C6H3Cl2IO4S. The molecule has 0 unspecified atom stereocenters. The number of benzene rings is 1. The highest BCUT2D eigenvalue weighted by Gasteiger charge is 2.19. The maximum absolute atomic E-state index is 10.8. The molecule has 0 radical (unpaired) electrons. The van der Waals surface area contributed by atoms with Gasteiger partial charge in [0.2, 0.25) is 0 Å². The first-order valence-corrected chi connectivity index (χ1v) is 7.25. The van der Waals surface area contributed by atoms with E-state index in [-0.39, 0.29) is 13.6 Å². The molecular weight excluding hydrogens is 366 g/mol. The fourth-order valence-electron chi connectivity index (χ4n) is 0.795. The van der Waals surface area contributed by atoms with Gasteiger partial charge in [0.15, 0.2) is 21.2 Å². The monoisotopic (exact) mass is 368 g/mol. The van der Waals surface area contributed by atoms with Crippen LogP contribution in [-0.4, -0.2) is 13.0 Å². The Bertz CT molecular complexity index is 485. The lowest BCUT2D eigenvalue weighted by atomic mass is 10.4. The van der Waals surface area contributed by atoms with Crippen molar-refractivity contribution < 1.29 is 16.0 Å². The van der Waals surface area contributed by atoms with Gasteiger partial charge in [0, 0.05) is 5.02 Å². The summed E-state index contributed by atoms with van der Waals surface area (Å²) in [6.45, 7) is 0. The second-order valence-electron chi connectivity index (χ2n) is 2.25. The SMILES string of the molecule is O=Ic1c(Cl)cc(Cl)cc1S(=O)(=O)O. The van der Waals surface area contributed by atoms with Gasteiger partial charge in [0.05, 0.1) is 8.59 Å². The van der Waals surface area contributed by atoms with Crippen LogP contribution in [0.4, 0.5) is 0 Å². The first-order valence-electron chi connectivity index (χ1n) is 3.10. The Hall–Kier alpha value is 0.240. The Labute approximate surface area is 101 Å². The molecule has 0 aliphatic rings. The van der Waals surface area contributed by atoms with Gasteiger partial charge in [0.25, 0.3) is 10.1 Å². The number of hydrogen-bond acceptors (Lipinski definition) is 3. The molecule has 0 heterocycles. The molecule has 0 fully saturated rings. The topological polar surface area (TPSA) is 71.4 Å². The highest BCUT2D eigenvalue weighted by atomic mass is 127. The molecule has 14 heavy (non-hydrogen) atoms. The van der Waals surface area contributed by atoms with Crippen LogP contribution in [0.2, 0.25) is 10.0 Å². The lowest BCUT2D eigenvalue weighted by molar-refractivity contribution is 0.482. The maximum atomic E-state index is 10.8. The Morgan fingerprint density at radius 2 is 1.86 bits per heavy atom. The minimum absolute atomic E-state index is 0.0204. The van der Waals surface area contributed by atoms with E-state index in [9.17, 15) is 11.5 Å². The molecule has 4 nitrogen and oxygen atoms in total. The van der Waals surface area contributed by atoms with Gasteiger partial charge in [-0.15, -0.1) is 0 Å². The van der Waals surface area contributed by atoms with Crippen molar-refractivity contribution in [2.75, 3.05) is 0 Å². The zero-order valence-corrected chi connectivity index (χ0v) is 10.9. The molecule has 0 saturated carbocycles. The summed E-state index contributed by atoms with van der Waals surface area (Å²) in [5, 5.41) is 0.0387. The van der Waals surface area contributed by atoms with Gasteiger partial charge in [-0.3, -0.25) is 7.62 Å². The van der Waals surface area contributed by atoms with Gasteiger partial charge < -0.3 is 0 Å². The van der Waals surface area contributed by atoms with E-state index < -0.39 is 36.2 Å². The van der Waals surface area contributed by atoms with Crippen molar-refractivity contribution in [3.05, 3.63) is 25.7 Å². The molecule has 0 bridgehead atoms. The molecule has 0 saturated heterocycles. The lowest BCUT2D eigenvalue weighted by Crippen LogP contribution is -2.01. The zero-order chi connectivity index (χ0) is 10.9. The molecule has 1 aromatic carbocycles. The average Bonchev–Trinajstić information content (AvgIpc) is 2.01. The molecule has 0 atom stereocenters. The molecule has 0 aliphatic heterocycles. The predicted octanol–water partition coefficient (Wildman–Crippen LogP) is 2.73. The molecule has 1 rings (SSSR count). The molecule has 0 amide bonds. The van der Waals surface area contributed by atoms with Gasteiger partial charge >= 0.3 is 0 Å². The van der Waals surface area contributed by atoms with Crippen molar-refractivity contribution in [1.29, 1.82) is 0 Å². The highest BCUT2D eigenvalue weighted by Crippen LogP contribution is 2.31. The lowest BCUT2D eigenvalue weighted by Gasteiger charge is -2.02. The maximum Gasteiger partial charge on any atom is 0.295 e. The van der Waals surface area contributed by atoms with Crippen molar-refractivity contribution in [3.8, 4) is 0 Å². The molecule has 0 aromatic heterocycles. The Morgan fingerprint density at radius 1 is 1.29 bits per heavy atom. The van der Waals surface area contributed by atoms with Gasteiger partial charge in [-0.1, -0.05) is 23.2 Å². The van der Waals surface area contributed by atoms with Crippen LogP contribution in [0.15, 0.2) is 17.0 Å². The van der Waals surface area contributed by atoms with Crippen LogP contribution in [0.25, 0.3) is 0 Å². The van der Waals surface area contributed by atoms with Gasteiger partial charge in [-0.05, 0) is 12.1 Å². The van der Waals surface area contributed by atoms with Crippen molar-refractivity contribution in [3.63, 3.8) is 0 Å². The summed E-state index contributed by atoms with van der Waals surface area (Å²) < 4.78 is 41.1. The van der Waals surface area contributed by atoms with Crippen LogP contribution in [0.5, 0.6) is 0 Å². The van der Waals surface area contributed by atoms with Gasteiger partial charge in [0.1, 0.15) is 4.90 Å². The van der Waals surface area contributed by atoms with Crippen LogP contribution < -0.4 is 0 Å². The molecule has 1 N–H and O–H groups in total. The van der Waals surface area contributed by atoms with Gasteiger partial charge in [-0.25, -0.2) is 0 Å². The summed E-state index contributed by atoms with van der Waals surface area (Å²) in [7, 11) is -4.43. The van der Waals surface area contributed by atoms with Crippen molar-refractivity contribution in [2.45, 2.75) is 4.90 Å². The van der Waals surface area contributed by atoms with E-state index in [2.05, 4.69) is 0 Å². The smallest absolute Gasteiger partial charge is 0.282 e. The molecule has 78 valence electrons. The van der Waals surface area contributed by atoms with E-state index >= 15 is 0 Å². The number of rotatable bonds is 2. The largest absolute Gasteiger partial charge is 0.295 e. The minimum Gasteiger partial charge on any atom is -0.282 e. The summed E-state index contributed by atoms with van der Waals surface area (Å²) in [4.78, 5) is -0.488. The first-order chi connectivity index (χ1) is 6.36. The first kappa shape index (κ1) is 12.3. The molecule has 1 aromatic rings.